The Labute approximate surface area is 263 Å². The molecule has 5 rings (SSSR count). The van der Waals surface area contributed by atoms with Crippen molar-refractivity contribution >= 4 is 9.84 Å². The van der Waals surface area contributed by atoms with Crippen LogP contribution in [0.25, 0.3) is 39.3 Å². The molecule has 0 amide bonds. The molecule has 0 saturated carbocycles. The molecule has 0 spiro atoms. The van der Waals surface area contributed by atoms with E-state index in [1.807, 2.05) is 0 Å². The highest BCUT2D eigenvalue weighted by atomic mass is 32.2. The van der Waals surface area contributed by atoms with E-state index in [0.717, 1.165) is 37.6 Å². The summed E-state index contributed by atoms with van der Waals surface area (Å²) in [6.07, 6.45) is -2.73. The predicted octanol–water partition coefficient (Wildman–Crippen LogP) is 5.67. The van der Waals surface area contributed by atoms with Crippen LogP contribution in [0, 0.1) is 5.82 Å². The number of sulfone groups is 1. The minimum atomic E-state index is -4.91. The molecule has 10 nitrogen and oxygen atoms in total. The van der Waals surface area contributed by atoms with E-state index in [9.17, 15) is 35.5 Å². The van der Waals surface area contributed by atoms with Crippen LogP contribution in [0.3, 0.4) is 0 Å². The number of aryl methyl sites for hydroxylation is 1. The number of hydrogen-bond acceptors (Lipinski definition) is 8. The Morgan fingerprint density at radius 1 is 0.915 bits per heavy atom. The summed E-state index contributed by atoms with van der Waals surface area (Å²) in [7, 11) is -1.43. The van der Waals surface area contributed by atoms with Crippen LogP contribution in [0.1, 0.15) is 11.3 Å². The first kappa shape index (κ1) is 33.6. The lowest BCUT2D eigenvalue weighted by molar-refractivity contribution is -0.274. The zero-order valence-electron chi connectivity index (χ0n) is 24.8. The van der Waals surface area contributed by atoms with Gasteiger partial charge in [-0.25, -0.2) is 17.5 Å². The summed E-state index contributed by atoms with van der Waals surface area (Å²) in [6, 6.07) is 12.7. The quantitative estimate of drug-likeness (QED) is 0.187. The van der Waals surface area contributed by atoms with Gasteiger partial charge in [0.1, 0.15) is 23.9 Å². The van der Waals surface area contributed by atoms with Gasteiger partial charge >= 0.3 is 12.3 Å². The molecule has 0 atom stereocenters. The Morgan fingerprint density at radius 2 is 1.60 bits per heavy atom. The third kappa shape index (κ3) is 7.01. The molecule has 0 unspecified atom stereocenters. The monoisotopic (exact) mass is 681 g/mol. The van der Waals surface area contributed by atoms with E-state index in [1.54, 1.807) is 0 Å². The van der Waals surface area contributed by atoms with Gasteiger partial charge in [-0.05, 0) is 59.7 Å². The molecule has 0 fully saturated rings. The fourth-order valence-electron chi connectivity index (χ4n) is 4.96. The predicted molar refractivity (Wildman–Crippen MR) is 156 cm³/mol. The molecular weight excluding hydrogens is 656 g/mol. The van der Waals surface area contributed by atoms with Crippen LogP contribution >= 0.6 is 0 Å². The number of methoxy groups -OCH3 is 1. The maximum absolute atomic E-state index is 15.1. The van der Waals surface area contributed by atoms with Gasteiger partial charge in [-0.2, -0.15) is 13.9 Å². The number of halogens is 6. The van der Waals surface area contributed by atoms with Crippen molar-refractivity contribution in [1.82, 2.24) is 24.8 Å². The summed E-state index contributed by atoms with van der Waals surface area (Å²) in [5.74, 6) is -4.90. The molecule has 47 heavy (non-hydrogen) atoms. The van der Waals surface area contributed by atoms with E-state index >= 15 is 4.39 Å². The minimum Gasteiger partial charge on any atom is -0.406 e. The Kier molecular flexibility index (Phi) is 8.91. The van der Waals surface area contributed by atoms with E-state index in [-0.39, 0.29) is 33.8 Å². The van der Waals surface area contributed by atoms with E-state index in [0.29, 0.717) is 5.56 Å². The summed E-state index contributed by atoms with van der Waals surface area (Å²) in [6.45, 7) is -1.81. The van der Waals surface area contributed by atoms with Gasteiger partial charge < -0.3 is 14.6 Å². The molecule has 5 aromatic rings. The standard InChI is InChI=1S/C30H25F6N5O5S/c1-40-24(13-28(38-40)29(32,33)16-45-2)21-9-6-18(19-10-23(31)22(15-42)27(12-19)47(3,43)44)11-25(21)41-26(14-37-39-41)17-4-7-20(8-5-17)46-30(34,35)36/h4-14,42H,15-16H2,1-3H3. The number of ether oxygens (including phenoxy) is 2. The first-order valence-electron chi connectivity index (χ1n) is 13.5. The van der Waals surface area contributed by atoms with Gasteiger partial charge in [0.15, 0.2) is 9.84 Å². The Bertz CT molecular complexity index is 2040. The van der Waals surface area contributed by atoms with Crippen LogP contribution in [0.5, 0.6) is 5.75 Å². The van der Waals surface area contributed by atoms with Crippen LogP contribution in [-0.2, 0) is 34.2 Å². The molecule has 248 valence electrons. The molecule has 2 aromatic heterocycles. The molecule has 0 saturated heterocycles. The van der Waals surface area contributed by atoms with Crippen molar-refractivity contribution in [2.24, 2.45) is 7.05 Å². The van der Waals surface area contributed by atoms with Crippen LogP contribution in [0.4, 0.5) is 26.3 Å². The van der Waals surface area contributed by atoms with Crippen LogP contribution < -0.4 is 4.74 Å². The molecule has 2 heterocycles. The zero-order valence-corrected chi connectivity index (χ0v) is 25.6. The summed E-state index contributed by atoms with van der Waals surface area (Å²) >= 11 is 0. The molecule has 0 aliphatic rings. The molecule has 3 aromatic carbocycles. The van der Waals surface area contributed by atoms with E-state index < -0.39 is 63.1 Å². The van der Waals surface area contributed by atoms with Crippen molar-refractivity contribution in [1.29, 1.82) is 0 Å². The highest BCUT2D eigenvalue weighted by Crippen LogP contribution is 2.38. The van der Waals surface area contributed by atoms with Crippen molar-refractivity contribution in [3.8, 4) is 45.1 Å². The molecule has 0 radical (unpaired) electrons. The lowest BCUT2D eigenvalue weighted by Gasteiger charge is -2.16. The highest BCUT2D eigenvalue weighted by Gasteiger charge is 2.36. The van der Waals surface area contributed by atoms with Crippen LogP contribution in [0.15, 0.2) is 71.8 Å². The first-order chi connectivity index (χ1) is 22.0. The molecule has 0 aliphatic heterocycles. The lowest BCUT2D eigenvalue weighted by atomic mass is 9.99. The number of aliphatic hydroxyl groups is 1. The van der Waals surface area contributed by atoms with Gasteiger partial charge in [0, 0.05) is 37.1 Å². The zero-order chi connectivity index (χ0) is 34.3. The lowest BCUT2D eigenvalue weighted by Crippen LogP contribution is -2.21. The fourth-order valence-corrected chi connectivity index (χ4v) is 5.91. The fraction of sp³-hybridized carbons (Fsp3) is 0.233. The third-order valence-corrected chi connectivity index (χ3v) is 8.22. The highest BCUT2D eigenvalue weighted by molar-refractivity contribution is 7.90. The number of rotatable bonds is 10. The van der Waals surface area contributed by atoms with Gasteiger partial charge in [0.2, 0.25) is 0 Å². The topological polar surface area (TPSA) is 121 Å². The summed E-state index contributed by atoms with van der Waals surface area (Å²) in [4.78, 5) is -0.431. The van der Waals surface area contributed by atoms with Crippen LogP contribution in [0.2, 0.25) is 0 Å². The molecule has 0 aliphatic carbocycles. The average Bonchev–Trinajstić information content (AvgIpc) is 3.63. The molecule has 1 N–H and O–H groups in total. The molecule has 0 bridgehead atoms. The SMILES string of the molecule is COCC(F)(F)c1cc(-c2ccc(-c3cc(F)c(CO)c(S(C)(=O)=O)c3)cc2-n2nncc2-c2ccc(OC(F)(F)F)cc2)n(C)n1. The second kappa shape index (κ2) is 12.5. The van der Waals surface area contributed by atoms with Crippen molar-refractivity contribution in [3.63, 3.8) is 0 Å². The largest absolute Gasteiger partial charge is 0.573 e. The van der Waals surface area contributed by atoms with Crippen molar-refractivity contribution in [3.05, 3.63) is 83.9 Å². The van der Waals surface area contributed by atoms with Gasteiger partial charge in [0.05, 0.1) is 34.8 Å². The van der Waals surface area contributed by atoms with Gasteiger partial charge in [-0.1, -0.05) is 17.3 Å². The van der Waals surface area contributed by atoms with Crippen LogP contribution in [-0.4, -0.2) is 64.6 Å². The molecule has 17 heteroatoms. The van der Waals surface area contributed by atoms with Gasteiger partial charge in [-0.3, -0.25) is 4.68 Å². The molecular formula is C30H25F6N5O5S. The first-order valence-corrected chi connectivity index (χ1v) is 15.4. The normalized spacial score (nSPS) is 12.5. The number of alkyl halides is 5. The second-order valence-corrected chi connectivity index (χ2v) is 12.4. The van der Waals surface area contributed by atoms with Gasteiger partial charge in [-0.15, -0.1) is 18.3 Å². The third-order valence-electron chi connectivity index (χ3n) is 7.06. The Hall–Kier alpha value is -4.74. The van der Waals surface area contributed by atoms with E-state index in [4.69, 9.17) is 0 Å². The Morgan fingerprint density at radius 3 is 2.21 bits per heavy atom. The number of hydrogen-bond donors (Lipinski definition) is 1. The van der Waals surface area contributed by atoms with Crippen molar-refractivity contribution in [2.45, 2.75) is 23.8 Å². The smallest absolute Gasteiger partial charge is 0.406 e. The van der Waals surface area contributed by atoms with E-state index in [1.165, 1.54) is 59.0 Å². The van der Waals surface area contributed by atoms with E-state index in [2.05, 4.69) is 24.9 Å². The summed E-state index contributed by atoms with van der Waals surface area (Å²) in [5.41, 5.74) is 0.606. The number of aromatic nitrogens is 5. The second-order valence-electron chi connectivity index (χ2n) is 10.4. The van der Waals surface area contributed by atoms with Gasteiger partial charge in [0.25, 0.3) is 0 Å². The maximum atomic E-state index is 15.1. The minimum absolute atomic E-state index is 0.0977. The van der Waals surface area contributed by atoms with Crippen molar-refractivity contribution in [2.75, 3.05) is 20.0 Å². The Balaban J connectivity index is 1.72. The summed E-state index contributed by atoms with van der Waals surface area (Å²) < 4.78 is 119. The number of benzene rings is 3. The maximum Gasteiger partial charge on any atom is 0.573 e. The van der Waals surface area contributed by atoms with Crippen molar-refractivity contribution < 1.29 is 49.3 Å². The summed E-state index contributed by atoms with van der Waals surface area (Å²) in [5, 5.41) is 21.7. The number of nitrogens with zero attached hydrogens (tertiary/aromatic N) is 5. The number of aliphatic hydroxyl groups excluding tert-OH is 1. The average molecular weight is 682 g/mol.